The van der Waals surface area contributed by atoms with Crippen molar-refractivity contribution in [3.8, 4) is 11.5 Å². The van der Waals surface area contributed by atoms with Crippen LogP contribution in [-0.2, 0) is 20.7 Å². The van der Waals surface area contributed by atoms with Crippen molar-refractivity contribution in [2.75, 3.05) is 39.5 Å². The van der Waals surface area contributed by atoms with Gasteiger partial charge in [-0.2, -0.15) is 0 Å². The van der Waals surface area contributed by atoms with Crippen molar-refractivity contribution in [1.82, 2.24) is 4.90 Å². The predicted octanol–water partition coefficient (Wildman–Crippen LogP) is 5.31. The van der Waals surface area contributed by atoms with E-state index in [1.807, 2.05) is 0 Å². The lowest BCUT2D eigenvalue weighted by Crippen LogP contribution is -2.39. The fraction of sp³-hybridized carbons (Fsp3) is 0.462. The minimum absolute atomic E-state index is 0.0347. The first-order chi connectivity index (χ1) is 17.6. The zero-order valence-electron chi connectivity index (χ0n) is 20.8. The lowest BCUT2D eigenvalue weighted by Gasteiger charge is -2.22. The van der Waals surface area contributed by atoms with E-state index in [0.717, 1.165) is 12.5 Å². The Bertz CT molecular complexity index is 986. The van der Waals surface area contributed by atoms with Crippen LogP contribution in [-0.4, -0.2) is 73.6 Å². The summed E-state index contributed by atoms with van der Waals surface area (Å²) in [6.45, 7) is 3.06. The average Bonchev–Trinajstić information content (AvgIpc) is 2.84. The quantitative estimate of drug-likeness (QED) is 0.287. The Labute approximate surface area is 220 Å². The van der Waals surface area contributed by atoms with Crippen molar-refractivity contribution in [2.45, 2.75) is 38.7 Å². The first-order valence-electron chi connectivity index (χ1n) is 11.8. The van der Waals surface area contributed by atoms with Gasteiger partial charge in [-0.1, -0.05) is 35.9 Å². The molecule has 2 rings (SSSR count). The average molecular weight is 544 g/mol. The van der Waals surface area contributed by atoms with E-state index in [1.165, 1.54) is 4.90 Å². The lowest BCUT2D eigenvalue weighted by molar-refractivity contribution is -0.149. The predicted molar refractivity (Wildman–Crippen MR) is 134 cm³/mol. The van der Waals surface area contributed by atoms with Crippen molar-refractivity contribution in [3.05, 3.63) is 59.1 Å². The molecule has 1 N–H and O–H groups in total. The number of alkyl halides is 2. The molecule has 1 atom stereocenters. The highest BCUT2D eigenvalue weighted by atomic mass is 35.5. The third kappa shape index (κ3) is 11.8. The van der Waals surface area contributed by atoms with Gasteiger partial charge in [0.2, 0.25) is 5.92 Å². The standard InChI is InChI=1S/C26H32ClF2NO7/c1-3-35-23(24(31)32)18-19-8-10-20(11-9-19)36-17-14-30(13-16-34-15-12-26(2,28)29)25(33)37-22-7-5-4-6-21(22)27/h4-11,23H,3,12-18H2,1-2H3,(H,31,32). The maximum atomic E-state index is 13.0. The minimum atomic E-state index is -2.83. The maximum absolute atomic E-state index is 13.0. The molecule has 0 aromatic heterocycles. The number of para-hydroxylation sites is 1. The number of ether oxygens (including phenoxy) is 4. The molecule has 0 aliphatic rings. The van der Waals surface area contributed by atoms with Crippen molar-refractivity contribution in [3.63, 3.8) is 0 Å². The number of amides is 1. The molecule has 0 spiro atoms. The van der Waals surface area contributed by atoms with Crippen molar-refractivity contribution < 1.29 is 42.4 Å². The van der Waals surface area contributed by atoms with Gasteiger partial charge >= 0.3 is 12.1 Å². The van der Waals surface area contributed by atoms with Crippen LogP contribution >= 0.6 is 11.6 Å². The van der Waals surface area contributed by atoms with E-state index in [0.29, 0.717) is 12.4 Å². The zero-order valence-corrected chi connectivity index (χ0v) is 21.6. The normalized spacial score (nSPS) is 12.1. The number of hydrogen-bond donors (Lipinski definition) is 1. The van der Waals surface area contributed by atoms with Crippen LogP contribution in [0.2, 0.25) is 5.02 Å². The minimum Gasteiger partial charge on any atom is -0.492 e. The van der Waals surface area contributed by atoms with Gasteiger partial charge in [0, 0.05) is 26.0 Å². The van der Waals surface area contributed by atoms with Gasteiger partial charge < -0.3 is 29.0 Å². The fourth-order valence-electron chi connectivity index (χ4n) is 3.14. The molecular formula is C26H32ClF2NO7. The molecule has 0 heterocycles. The SMILES string of the molecule is CCOC(Cc1ccc(OCCN(CCOCCC(C)(F)F)C(=O)Oc2ccccc2Cl)cc1)C(=O)O. The number of carbonyl (C=O) groups excluding carboxylic acids is 1. The molecule has 1 amide bonds. The van der Waals surface area contributed by atoms with Gasteiger partial charge in [-0.3, -0.25) is 0 Å². The number of benzene rings is 2. The maximum Gasteiger partial charge on any atom is 0.415 e. The molecule has 37 heavy (non-hydrogen) atoms. The first-order valence-corrected chi connectivity index (χ1v) is 12.2. The van der Waals surface area contributed by atoms with E-state index < -0.39 is 30.5 Å². The first kappa shape index (κ1) is 30.3. The molecule has 0 fully saturated rings. The van der Waals surface area contributed by atoms with E-state index in [-0.39, 0.29) is 50.1 Å². The van der Waals surface area contributed by atoms with Crippen LogP contribution in [0.4, 0.5) is 13.6 Å². The van der Waals surface area contributed by atoms with Crippen LogP contribution in [0.5, 0.6) is 11.5 Å². The van der Waals surface area contributed by atoms with Crippen LogP contribution < -0.4 is 9.47 Å². The molecule has 0 saturated carbocycles. The van der Waals surface area contributed by atoms with E-state index in [9.17, 15) is 23.5 Å². The number of aliphatic carboxylic acids is 1. The second kappa shape index (κ2) is 15.3. The van der Waals surface area contributed by atoms with E-state index >= 15 is 0 Å². The lowest BCUT2D eigenvalue weighted by atomic mass is 10.1. The Kier molecular flexibility index (Phi) is 12.5. The van der Waals surface area contributed by atoms with Gasteiger partial charge in [-0.25, -0.2) is 18.4 Å². The van der Waals surface area contributed by atoms with Gasteiger partial charge in [0.05, 0.1) is 24.8 Å². The Morgan fingerprint density at radius 2 is 1.73 bits per heavy atom. The number of rotatable bonds is 16. The summed E-state index contributed by atoms with van der Waals surface area (Å²) in [6, 6.07) is 13.4. The third-order valence-corrected chi connectivity index (χ3v) is 5.41. The fourth-order valence-corrected chi connectivity index (χ4v) is 3.31. The van der Waals surface area contributed by atoms with Gasteiger partial charge in [0.25, 0.3) is 0 Å². The summed E-state index contributed by atoms with van der Waals surface area (Å²) in [4.78, 5) is 25.3. The van der Waals surface area contributed by atoms with E-state index in [4.69, 9.17) is 30.5 Å². The molecule has 1 unspecified atom stereocenters. The highest BCUT2D eigenvalue weighted by molar-refractivity contribution is 6.32. The summed E-state index contributed by atoms with van der Waals surface area (Å²) in [7, 11) is 0. The smallest absolute Gasteiger partial charge is 0.415 e. The Morgan fingerprint density at radius 1 is 1.05 bits per heavy atom. The largest absolute Gasteiger partial charge is 0.492 e. The molecular weight excluding hydrogens is 512 g/mol. The summed E-state index contributed by atoms with van der Waals surface area (Å²) in [5.41, 5.74) is 0.771. The molecule has 0 aliphatic heterocycles. The monoisotopic (exact) mass is 543 g/mol. The highest BCUT2D eigenvalue weighted by Crippen LogP contribution is 2.24. The van der Waals surface area contributed by atoms with Gasteiger partial charge in [-0.05, 0) is 43.7 Å². The number of nitrogens with zero attached hydrogens (tertiary/aromatic N) is 1. The number of carboxylic acid groups (broad SMARTS) is 1. The molecule has 2 aromatic carbocycles. The molecule has 2 aromatic rings. The summed E-state index contributed by atoms with van der Waals surface area (Å²) < 4.78 is 47.5. The van der Waals surface area contributed by atoms with Crippen molar-refractivity contribution in [2.24, 2.45) is 0 Å². The second-order valence-electron chi connectivity index (χ2n) is 8.20. The van der Waals surface area contributed by atoms with E-state index in [2.05, 4.69) is 0 Å². The van der Waals surface area contributed by atoms with Gasteiger partial charge in [0.1, 0.15) is 12.4 Å². The molecule has 8 nitrogen and oxygen atoms in total. The van der Waals surface area contributed by atoms with Crippen molar-refractivity contribution >= 4 is 23.7 Å². The topological polar surface area (TPSA) is 94.5 Å². The summed E-state index contributed by atoms with van der Waals surface area (Å²) in [5, 5.41) is 9.49. The molecule has 204 valence electrons. The zero-order chi connectivity index (χ0) is 27.3. The number of carbonyl (C=O) groups is 2. The molecule has 0 saturated heterocycles. The third-order valence-electron chi connectivity index (χ3n) is 5.10. The summed E-state index contributed by atoms with van der Waals surface area (Å²) in [5.74, 6) is -3.15. The Balaban J connectivity index is 1.92. The molecule has 11 heteroatoms. The van der Waals surface area contributed by atoms with E-state index in [1.54, 1.807) is 55.5 Å². The second-order valence-corrected chi connectivity index (χ2v) is 8.60. The van der Waals surface area contributed by atoms with Crippen LogP contribution in [0.25, 0.3) is 0 Å². The van der Waals surface area contributed by atoms with Crippen LogP contribution in [0.3, 0.4) is 0 Å². The Morgan fingerprint density at radius 3 is 2.35 bits per heavy atom. The van der Waals surface area contributed by atoms with Crippen LogP contribution in [0.1, 0.15) is 25.8 Å². The molecule has 0 radical (unpaired) electrons. The highest BCUT2D eigenvalue weighted by Gasteiger charge is 2.21. The molecule has 0 aliphatic carbocycles. The van der Waals surface area contributed by atoms with Gasteiger partial charge in [-0.15, -0.1) is 0 Å². The van der Waals surface area contributed by atoms with Gasteiger partial charge in [0.15, 0.2) is 11.9 Å². The summed E-state index contributed by atoms with van der Waals surface area (Å²) in [6.07, 6.45) is -1.82. The molecule has 0 bridgehead atoms. The number of carboxylic acids is 1. The van der Waals surface area contributed by atoms with Crippen LogP contribution in [0.15, 0.2) is 48.5 Å². The number of hydrogen-bond acceptors (Lipinski definition) is 6. The number of halogens is 3. The summed E-state index contributed by atoms with van der Waals surface area (Å²) >= 11 is 6.07. The van der Waals surface area contributed by atoms with Crippen molar-refractivity contribution in [1.29, 1.82) is 0 Å². The Hall–Kier alpha value is -2.95. The van der Waals surface area contributed by atoms with Crippen LogP contribution in [0, 0.1) is 0 Å².